The van der Waals surface area contributed by atoms with E-state index in [-0.39, 0.29) is 24.6 Å². The van der Waals surface area contributed by atoms with Gasteiger partial charge in [0.25, 0.3) is 5.69 Å². The van der Waals surface area contributed by atoms with Crippen molar-refractivity contribution in [2.45, 2.75) is 19.4 Å². The molecule has 0 spiro atoms. The highest BCUT2D eigenvalue weighted by molar-refractivity contribution is 5.97. The molecular weight excluding hydrogens is 355 g/mol. The van der Waals surface area contributed by atoms with Gasteiger partial charge in [0.2, 0.25) is 5.91 Å². The number of amides is 3. The van der Waals surface area contributed by atoms with Crippen LogP contribution in [-0.2, 0) is 4.79 Å². The summed E-state index contributed by atoms with van der Waals surface area (Å²) in [5.74, 6) is -0.579. The predicted molar refractivity (Wildman–Crippen MR) is 97.1 cm³/mol. The van der Waals surface area contributed by atoms with Crippen molar-refractivity contribution in [1.29, 1.82) is 0 Å². The van der Waals surface area contributed by atoms with Gasteiger partial charge >= 0.3 is 6.03 Å². The lowest BCUT2D eigenvalue weighted by atomic mass is 10.2. The average molecular weight is 372 g/mol. The van der Waals surface area contributed by atoms with Gasteiger partial charge in [-0.15, -0.1) is 0 Å². The van der Waals surface area contributed by atoms with Gasteiger partial charge in [-0.1, -0.05) is 6.07 Å². The van der Waals surface area contributed by atoms with Gasteiger partial charge in [0.15, 0.2) is 0 Å². The molecule has 140 valence electrons. The molecule has 8 nitrogen and oxygen atoms in total. The maximum Gasteiger partial charge on any atom is 0.319 e. The zero-order chi connectivity index (χ0) is 19.6. The number of halogens is 1. The van der Waals surface area contributed by atoms with Crippen molar-refractivity contribution in [3.05, 3.63) is 64.0 Å². The van der Waals surface area contributed by atoms with E-state index >= 15 is 0 Å². The van der Waals surface area contributed by atoms with Gasteiger partial charge in [-0.2, -0.15) is 0 Å². The molecule has 2 aromatic rings. The molecule has 3 amide bonds. The number of benzene rings is 2. The molecule has 0 bridgehead atoms. The number of non-ortho nitro benzene ring substituents is 1. The largest absolute Gasteiger partial charge is 0.333 e. The molecule has 0 saturated carbocycles. The Kier molecular flexibility index (Phi) is 5.02. The summed E-state index contributed by atoms with van der Waals surface area (Å²) in [7, 11) is 0. The third kappa shape index (κ3) is 4.20. The van der Waals surface area contributed by atoms with Gasteiger partial charge in [0, 0.05) is 30.8 Å². The fraction of sp³-hybridized carbons (Fsp3) is 0.222. The maximum absolute atomic E-state index is 13.0. The summed E-state index contributed by atoms with van der Waals surface area (Å²) in [6.45, 7) is 1.97. The number of nitrogens with zero attached hydrogens (tertiary/aromatic N) is 2. The summed E-state index contributed by atoms with van der Waals surface area (Å²) in [4.78, 5) is 36.2. The van der Waals surface area contributed by atoms with Gasteiger partial charge in [-0.3, -0.25) is 14.9 Å². The first kappa shape index (κ1) is 18.3. The molecule has 0 radical (unpaired) electrons. The van der Waals surface area contributed by atoms with Crippen molar-refractivity contribution in [2.75, 3.05) is 16.8 Å². The van der Waals surface area contributed by atoms with Crippen LogP contribution < -0.4 is 15.5 Å². The summed E-state index contributed by atoms with van der Waals surface area (Å²) in [6, 6.07) is 8.73. The normalized spacial score (nSPS) is 16.3. The topological polar surface area (TPSA) is 105 Å². The molecule has 1 saturated heterocycles. The van der Waals surface area contributed by atoms with E-state index in [4.69, 9.17) is 0 Å². The number of carbonyl (C=O) groups excluding carboxylic acids is 2. The quantitative estimate of drug-likeness (QED) is 0.636. The summed E-state index contributed by atoms with van der Waals surface area (Å²) in [5.41, 5.74) is 1.42. The van der Waals surface area contributed by atoms with E-state index in [1.165, 1.54) is 41.3 Å². The van der Waals surface area contributed by atoms with E-state index < -0.39 is 22.8 Å². The second-order valence-corrected chi connectivity index (χ2v) is 6.24. The highest BCUT2D eigenvalue weighted by Gasteiger charge is 2.31. The van der Waals surface area contributed by atoms with Crippen molar-refractivity contribution < 1.29 is 18.9 Å². The molecule has 1 fully saturated rings. The Morgan fingerprint density at radius 1 is 1.26 bits per heavy atom. The Bertz CT molecular complexity index is 901. The predicted octanol–water partition coefficient (Wildman–Crippen LogP) is 2.97. The summed E-state index contributed by atoms with van der Waals surface area (Å²) in [6.07, 6.45) is 0.110. The number of hydrogen-bond donors (Lipinski definition) is 2. The molecule has 1 unspecified atom stereocenters. The van der Waals surface area contributed by atoms with Crippen LogP contribution >= 0.6 is 0 Å². The minimum absolute atomic E-state index is 0.110. The SMILES string of the molecule is Cc1ccc([N+](=O)[O-])cc1NC(=O)NC1CC(=O)N(c2ccc(F)cc2)C1. The monoisotopic (exact) mass is 372 g/mol. The molecule has 2 N–H and O–H groups in total. The van der Waals surface area contributed by atoms with Crippen LogP contribution in [0.4, 0.5) is 26.2 Å². The van der Waals surface area contributed by atoms with Crippen molar-refractivity contribution in [3.63, 3.8) is 0 Å². The summed E-state index contributed by atoms with van der Waals surface area (Å²) in [5, 5.41) is 16.1. The zero-order valence-electron chi connectivity index (χ0n) is 14.4. The van der Waals surface area contributed by atoms with Gasteiger partial charge in [0.05, 0.1) is 16.7 Å². The molecule has 1 aliphatic rings. The minimum atomic E-state index is -0.558. The third-order valence-corrected chi connectivity index (χ3v) is 4.28. The Morgan fingerprint density at radius 3 is 2.63 bits per heavy atom. The van der Waals surface area contributed by atoms with Crippen LogP contribution in [0.15, 0.2) is 42.5 Å². The number of carbonyl (C=O) groups is 2. The lowest BCUT2D eigenvalue weighted by molar-refractivity contribution is -0.384. The fourth-order valence-corrected chi connectivity index (χ4v) is 2.88. The Morgan fingerprint density at radius 2 is 1.96 bits per heavy atom. The number of aryl methyl sites for hydroxylation is 1. The Hall–Kier alpha value is -3.49. The number of nitrogens with one attached hydrogen (secondary N) is 2. The molecule has 0 aromatic heterocycles. The zero-order valence-corrected chi connectivity index (χ0v) is 14.4. The van der Waals surface area contributed by atoms with Crippen molar-refractivity contribution in [2.24, 2.45) is 0 Å². The van der Waals surface area contributed by atoms with Gasteiger partial charge in [-0.25, -0.2) is 9.18 Å². The first-order chi connectivity index (χ1) is 12.8. The summed E-state index contributed by atoms with van der Waals surface area (Å²) >= 11 is 0. The van der Waals surface area contributed by atoms with E-state index in [9.17, 15) is 24.1 Å². The number of rotatable bonds is 4. The molecule has 1 atom stereocenters. The minimum Gasteiger partial charge on any atom is -0.333 e. The van der Waals surface area contributed by atoms with Crippen LogP contribution in [0, 0.1) is 22.9 Å². The van der Waals surface area contributed by atoms with Gasteiger partial charge in [0.1, 0.15) is 5.82 Å². The van der Waals surface area contributed by atoms with Crippen molar-refractivity contribution in [1.82, 2.24) is 5.32 Å². The van der Waals surface area contributed by atoms with E-state index in [1.54, 1.807) is 13.0 Å². The van der Waals surface area contributed by atoms with Gasteiger partial charge < -0.3 is 15.5 Å². The highest BCUT2D eigenvalue weighted by Crippen LogP contribution is 2.23. The average Bonchev–Trinajstić information content (AvgIpc) is 2.97. The molecule has 3 rings (SSSR count). The lowest BCUT2D eigenvalue weighted by Crippen LogP contribution is -2.39. The van der Waals surface area contributed by atoms with E-state index in [2.05, 4.69) is 10.6 Å². The number of urea groups is 1. The Balaban J connectivity index is 1.63. The van der Waals surface area contributed by atoms with Crippen molar-refractivity contribution in [3.8, 4) is 0 Å². The van der Waals surface area contributed by atoms with E-state index in [1.807, 2.05) is 0 Å². The molecule has 1 aliphatic heterocycles. The smallest absolute Gasteiger partial charge is 0.319 e. The summed E-state index contributed by atoms with van der Waals surface area (Å²) < 4.78 is 13.0. The van der Waals surface area contributed by atoms with Gasteiger partial charge in [-0.05, 0) is 36.8 Å². The molecule has 2 aromatic carbocycles. The van der Waals surface area contributed by atoms with Crippen LogP contribution in [0.2, 0.25) is 0 Å². The highest BCUT2D eigenvalue weighted by atomic mass is 19.1. The number of nitro groups is 1. The Labute approximate surface area is 154 Å². The van der Waals surface area contributed by atoms with Crippen molar-refractivity contribution >= 4 is 29.0 Å². The maximum atomic E-state index is 13.0. The number of anilines is 2. The second kappa shape index (κ2) is 7.40. The third-order valence-electron chi connectivity index (χ3n) is 4.28. The molecule has 27 heavy (non-hydrogen) atoms. The van der Waals surface area contributed by atoms with Crippen LogP contribution in [-0.4, -0.2) is 29.4 Å². The van der Waals surface area contributed by atoms with Crippen LogP contribution in [0.1, 0.15) is 12.0 Å². The molecule has 1 heterocycles. The molecule has 9 heteroatoms. The number of nitro benzene ring substituents is 1. The first-order valence-electron chi connectivity index (χ1n) is 8.22. The standard InChI is InChI=1S/C18H17FN4O4/c1-11-2-5-15(23(26)27)9-16(11)21-18(25)20-13-8-17(24)22(10-13)14-6-3-12(19)4-7-14/h2-7,9,13H,8,10H2,1H3,(H2,20,21,25). The second-order valence-electron chi connectivity index (χ2n) is 6.24. The first-order valence-corrected chi connectivity index (χ1v) is 8.22. The van der Waals surface area contributed by atoms with Crippen LogP contribution in [0.5, 0.6) is 0 Å². The molecule has 0 aliphatic carbocycles. The van der Waals surface area contributed by atoms with E-state index in [0.29, 0.717) is 16.9 Å². The molecular formula is C18H17FN4O4. The fourth-order valence-electron chi connectivity index (χ4n) is 2.88. The van der Waals surface area contributed by atoms with Crippen LogP contribution in [0.3, 0.4) is 0 Å². The lowest BCUT2D eigenvalue weighted by Gasteiger charge is -2.17. The van der Waals surface area contributed by atoms with E-state index in [0.717, 1.165) is 0 Å². The van der Waals surface area contributed by atoms with Crippen LogP contribution in [0.25, 0.3) is 0 Å². The number of hydrogen-bond acceptors (Lipinski definition) is 4.